The highest BCUT2D eigenvalue weighted by Crippen LogP contribution is 2.36. The topological polar surface area (TPSA) is 9.23 Å². The molecule has 0 unspecified atom stereocenters. The molecule has 0 bridgehead atoms. The number of alkyl halides is 1. The van der Waals surface area contributed by atoms with Gasteiger partial charge in [-0.25, -0.2) is 0 Å². The first-order valence-electron chi connectivity index (χ1n) is 5.16. The zero-order valence-electron chi connectivity index (χ0n) is 10.1. The van der Waals surface area contributed by atoms with Gasteiger partial charge in [-0.1, -0.05) is 32.9 Å². The summed E-state index contributed by atoms with van der Waals surface area (Å²) >= 11 is 5.52. The van der Waals surface area contributed by atoms with Gasteiger partial charge in [-0.2, -0.15) is 0 Å². The number of hydrogen-bond acceptors (Lipinski definition) is 1. The first-order chi connectivity index (χ1) is 6.31. The van der Waals surface area contributed by atoms with Crippen molar-refractivity contribution in [2.24, 2.45) is 0 Å². The molecule has 0 aromatic rings. The van der Waals surface area contributed by atoms with E-state index >= 15 is 0 Å². The second-order valence-electron chi connectivity index (χ2n) is 5.02. The zero-order chi connectivity index (χ0) is 11.2. The van der Waals surface area contributed by atoms with Gasteiger partial charge in [-0.3, -0.25) is 0 Å². The molecular formula is C11H23ClOSi. The molecule has 0 spiro atoms. The van der Waals surface area contributed by atoms with Crippen molar-refractivity contribution in [1.29, 1.82) is 0 Å². The lowest BCUT2D eigenvalue weighted by Gasteiger charge is -2.36. The van der Waals surface area contributed by atoms with Crippen molar-refractivity contribution < 1.29 is 4.43 Å². The van der Waals surface area contributed by atoms with Crippen molar-refractivity contribution in [3.8, 4) is 0 Å². The number of halogens is 1. The van der Waals surface area contributed by atoms with Crippen LogP contribution in [-0.2, 0) is 4.43 Å². The van der Waals surface area contributed by atoms with Crippen molar-refractivity contribution in [2.45, 2.75) is 45.3 Å². The molecule has 0 aliphatic carbocycles. The maximum absolute atomic E-state index is 5.99. The highest BCUT2D eigenvalue weighted by molar-refractivity contribution is 6.74. The Labute approximate surface area is 94.6 Å². The van der Waals surface area contributed by atoms with Crippen LogP contribution >= 0.6 is 11.6 Å². The Morgan fingerprint density at radius 3 is 2.21 bits per heavy atom. The Balaban J connectivity index is 3.83. The SMILES string of the molecule is CC(C)(C)[Si](C)(C)OCC/C=C/CCl. The quantitative estimate of drug-likeness (QED) is 0.300. The standard InChI is InChI=1S/C11H23ClOSi/c1-11(2,3)14(4,5)13-10-8-6-7-9-12/h6-7H,8-10H2,1-5H3/b7-6+. The summed E-state index contributed by atoms with van der Waals surface area (Å²) in [4.78, 5) is 0. The molecule has 0 aliphatic heterocycles. The van der Waals surface area contributed by atoms with E-state index in [1.165, 1.54) is 0 Å². The molecular weight excluding hydrogens is 212 g/mol. The third kappa shape index (κ3) is 5.18. The Morgan fingerprint density at radius 2 is 1.79 bits per heavy atom. The molecule has 14 heavy (non-hydrogen) atoms. The van der Waals surface area contributed by atoms with E-state index in [1.54, 1.807) is 0 Å². The summed E-state index contributed by atoms with van der Waals surface area (Å²) in [7, 11) is -1.53. The lowest BCUT2D eigenvalue weighted by atomic mass is 10.2. The Hall–Kier alpha value is 0.207. The number of allylic oxidation sites excluding steroid dienone is 1. The fourth-order valence-corrected chi connectivity index (χ4v) is 1.97. The average Bonchev–Trinajstić information content (AvgIpc) is 2.02. The summed E-state index contributed by atoms with van der Waals surface area (Å²) < 4.78 is 5.99. The van der Waals surface area contributed by atoms with E-state index in [1.807, 2.05) is 6.08 Å². The number of hydrogen-bond donors (Lipinski definition) is 0. The van der Waals surface area contributed by atoms with Crippen LogP contribution in [0.15, 0.2) is 12.2 Å². The van der Waals surface area contributed by atoms with Crippen LogP contribution in [0.5, 0.6) is 0 Å². The summed E-state index contributed by atoms with van der Waals surface area (Å²) in [5.41, 5.74) is 0. The smallest absolute Gasteiger partial charge is 0.191 e. The van der Waals surface area contributed by atoms with Crippen LogP contribution in [0, 0.1) is 0 Å². The monoisotopic (exact) mass is 234 g/mol. The molecule has 0 radical (unpaired) electrons. The van der Waals surface area contributed by atoms with Crippen molar-refractivity contribution >= 4 is 19.9 Å². The molecule has 0 aromatic heterocycles. The van der Waals surface area contributed by atoms with Gasteiger partial charge in [0.15, 0.2) is 8.32 Å². The first-order valence-corrected chi connectivity index (χ1v) is 8.60. The third-order valence-electron chi connectivity index (χ3n) is 2.81. The van der Waals surface area contributed by atoms with E-state index < -0.39 is 8.32 Å². The lowest BCUT2D eigenvalue weighted by Crippen LogP contribution is -2.40. The van der Waals surface area contributed by atoms with Crippen LogP contribution in [0.3, 0.4) is 0 Å². The normalized spacial score (nSPS) is 13.9. The Morgan fingerprint density at radius 1 is 1.21 bits per heavy atom. The predicted octanol–water partition coefficient (Wildman–Crippen LogP) is 4.19. The van der Waals surface area contributed by atoms with Gasteiger partial charge >= 0.3 is 0 Å². The minimum atomic E-state index is -1.53. The summed E-state index contributed by atoms with van der Waals surface area (Å²) in [6, 6.07) is 0. The summed E-state index contributed by atoms with van der Waals surface area (Å²) in [6.07, 6.45) is 5.02. The maximum Gasteiger partial charge on any atom is 0.191 e. The van der Waals surface area contributed by atoms with Crippen LogP contribution in [0.2, 0.25) is 18.1 Å². The van der Waals surface area contributed by atoms with Gasteiger partial charge in [0.25, 0.3) is 0 Å². The molecule has 3 heteroatoms. The largest absolute Gasteiger partial charge is 0.417 e. The second-order valence-corrected chi connectivity index (χ2v) is 10.1. The first kappa shape index (κ1) is 14.2. The van der Waals surface area contributed by atoms with Crippen LogP contribution < -0.4 is 0 Å². The molecule has 0 N–H and O–H groups in total. The van der Waals surface area contributed by atoms with Crippen LogP contribution in [0.1, 0.15) is 27.2 Å². The van der Waals surface area contributed by atoms with Gasteiger partial charge in [0.1, 0.15) is 0 Å². The summed E-state index contributed by atoms with van der Waals surface area (Å²) in [5.74, 6) is 0.597. The molecule has 0 aromatic carbocycles. The molecule has 0 saturated carbocycles. The maximum atomic E-state index is 5.99. The van der Waals surface area contributed by atoms with E-state index in [-0.39, 0.29) is 0 Å². The molecule has 1 nitrogen and oxygen atoms in total. The van der Waals surface area contributed by atoms with Crippen molar-refractivity contribution in [2.75, 3.05) is 12.5 Å². The second kappa shape index (κ2) is 5.94. The average molecular weight is 235 g/mol. The van der Waals surface area contributed by atoms with Crippen LogP contribution in [0.25, 0.3) is 0 Å². The third-order valence-corrected chi connectivity index (χ3v) is 7.53. The fraction of sp³-hybridized carbons (Fsp3) is 0.818. The minimum Gasteiger partial charge on any atom is -0.417 e. The van der Waals surface area contributed by atoms with Gasteiger partial charge in [-0.05, 0) is 24.6 Å². The van der Waals surface area contributed by atoms with Crippen molar-refractivity contribution in [3.63, 3.8) is 0 Å². The lowest BCUT2D eigenvalue weighted by molar-refractivity contribution is 0.294. The molecule has 0 heterocycles. The van der Waals surface area contributed by atoms with Gasteiger partial charge in [0, 0.05) is 12.5 Å². The summed E-state index contributed by atoms with van der Waals surface area (Å²) in [5, 5.41) is 0.309. The van der Waals surface area contributed by atoms with Gasteiger partial charge in [0.2, 0.25) is 0 Å². The molecule has 0 rings (SSSR count). The molecule has 0 saturated heterocycles. The van der Waals surface area contributed by atoms with E-state index in [2.05, 4.69) is 39.9 Å². The van der Waals surface area contributed by atoms with Gasteiger partial charge in [-0.15, -0.1) is 11.6 Å². The fourth-order valence-electron chi connectivity index (χ4n) is 0.779. The summed E-state index contributed by atoms with van der Waals surface area (Å²) in [6.45, 7) is 12.1. The predicted molar refractivity (Wildman–Crippen MR) is 67.6 cm³/mol. The Kier molecular flexibility index (Phi) is 6.02. The molecule has 84 valence electrons. The Bertz CT molecular complexity index is 182. The van der Waals surface area contributed by atoms with E-state index in [0.29, 0.717) is 10.9 Å². The van der Waals surface area contributed by atoms with Crippen molar-refractivity contribution in [3.05, 3.63) is 12.2 Å². The van der Waals surface area contributed by atoms with Crippen LogP contribution in [0.4, 0.5) is 0 Å². The van der Waals surface area contributed by atoms with E-state index in [4.69, 9.17) is 16.0 Å². The molecule has 0 aliphatic rings. The molecule has 0 amide bonds. The van der Waals surface area contributed by atoms with E-state index in [9.17, 15) is 0 Å². The highest BCUT2D eigenvalue weighted by atomic mass is 35.5. The minimum absolute atomic E-state index is 0.309. The zero-order valence-corrected chi connectivity index (χ0v) is 11.8. The van der Waals surface area contributed by atoms with Crippen LogP contribution in [-0.4, -0.2) is 20.8 Å². The van der Waals surface area contributed by atoms with Crippen molar-refractivity contribution in [1.82, 2.24) is 0 Å². The van der Waals surface area contributed by atoms with Gasteiger partial charge in [0.05, 0.1) is 0 Å². The van der Waals surface area contributed by atoms with E-state index in [0.717, 1.165) is 13.0 Å². The molecule has 0 fully saturated rings. The van der Waals surface area contributed by atoms with Gasteiger partial charge < -0.3 is 4.43 Å². The molecule has 0 atom stereocenters. The highest BCUT2D eigenvalue weighted by Gasteiger charge is 2.36. The number of rotatable bonds is 5.